The molecule has 1 N–H and O–H groups in total. The fourth-order valence-corrected chi connectivity index (χ4v) is 2.56. The van der Waals surface area contributed by atoms with Crippen LogP contribution in [0, 0.1) is 16.7 Å². The number of aliphatic hydroxyl groups excluding tert-OH is 1. The van der Waals surface area contributed by atoms with E-state index in [-0.39, 0.29) is 17.4 Å². The Morgan fingerprint density at radius 1 is 1.30 bits per heavy atom. The van der Waals surface area contributed by atoms with E-state index in [0.717, 1.165) is 13.1 Å². The molecular weight excluding hydrogens is 290 g/mol. The Kier molecular flexibility index (Phi) is 5.40. The third-order valence-electron chi connectivity index (χ3n) is 4.33. The molecule has 1 atom stereocenters. The second kappa shape index (κ2) is 7.12. The van der Waals surface area contributed by atoms with E-state index in [0.29, 0.717) is 30.8 Å². The predicted molar refractivity (Wildman–Crippen MR) is 89.0 cm³/mol. The SMILES string of the molecule is CC(C)(C)[C@H](O)CN1CCN(C(=O)c2cccc(C#N)c2)CC1. The summed E-state index contributed by atoms with van der Waals surface area (Å²) in [5, 5.41) is 19.1. The molecule has 1 fully saturated rings. The first-order valence-corrected chi connectivity index (χ1v) is 8.01. The number of piperazine rings is 1. The number of hydrogen-bond donors (Lipinski definition) is 1. The average molecular weight is 315 g/mol. The van der Waals surface area contributed by atoms with Crippen molar-refractivity contribution in [3.05, 3.63) is 35.4 Å². The third kappa shape index (κ3) is 4.54. The average Bonchev–Trinajstić information content (AvgIpc) is 2.54. The summed E-state index contributed by atoms with van der Waals surface area (Å²) in [5.74, 6) is -0.0295. The quantitative estimate of drug-likeness (QED) is 0.922. The minimum atomic E-state index is -0.378. The van der Waals surface area contributed by atoms with Crippen LogP contribution in [0.25, 0.3) is 0 Å². The lowest BCUT2D eigenvalue weighted by Crippen LogP contribution is -2.51. The van der Waals surface area contributed by atoms with E-state index in [1.807, 2.05) is 25.7 Å². The molecule has 0 saturated carbocycles. The standard InChI is InChI=1S/C18H25N3O2/c1-18(2,3)16(22)13-20-7-9-21(10-8-20)17(23)15-6-4-5-14(11-15)12-19/h4-6,11,16,22H,7-10,13H2,1-3H3/t16-/m1/s1. The van der Waals surface area contributed by atoms with E-state index in [1.165, 1.54) is 0 Å². The van der Waals surface area contributed by atoms with Crippen molar-refractivity contribution < 1.29 is 9.90 Å². The molecule has 1 aromatic carbocycles. The molecule has 0 aromatic heterocycles. The zero-order chi connectivity index (χ0) is 17.0. The maximum Gasteiger partial charge on any atom is 0.253 e. The number of nitrogens with zero attached hydrogens (tertiary/aromatic N) is 3. The minimum absolute atomic E-state index is 0.0295. The van der Waals surface area contributed by atoms with E-state index in [9.17, 15) is 9.90 Å². The van der Waals surface area contributed by atoms with Gasteiger partial charge in [-0.1, -0.05) is 26.8 Å². The van der Waals surface area contributed by atoms with Gasteiger partial charge in [-0.3, -0.25) is 9.69 Å². The third-order valence-corrected chi connectivity index (χ3v) is 4.33. The summed E-state index contributed by atoms with van der Waals surface area (Å²) in [6, 6.07) is 8.88. The molecule has 1 aromatic rings. The Morgan fingerprint density at radius 2 is 1.96 bits per heavy atom. The van der Waals surface area contributed by atoms with Gasteiger partial charge in [-0.15, -0.1) is 0 Å². The van der Waals surface area contributed by atoms with Gasteiger partial charge in [0.15, 0.2) is 0 Å². The molecule has 1 aliphatic rings. The molecule has 0 bridgehead atoms. The van der Waals surface area contributed by atoms with Gasteiger partial charge in [-0.05, 0) is 23.6 Å². The second-order valence-electron chi connectivity index (χ2n) is 7.17. The predicted octanol–water partition coefficient (Wildman–Crippen LogP) is 1.72. The first-order valence-electron chi connectivity index (χ1n) is 8.01. The van der Waals surface area contributed by atoms with Crippen molar-refractivity contribution in [3.63, 3.8) is 0 Å². The van der Waals surface area contributed by atoms with E-state index in [4.69, 9.17) is 5.26 Å². The van der Waals surface area contributed by atoms with Crippen molar-refractivity contribution in [3.8, 4) is 6.07 Å². The van der Waals surface area contributed by atoms with Gasteiger partial charge >= 0.3 is 0 Å². The number of aliphatic hydroxyl groups is 1. The van der Waals surface area contributed by atoms with Crippen molar-refractivity contribution in [2.24, 2.45) is 5.41 Å². The number of hydrogen-bond acceptors (Lipinski definition) is 4. The molecule has 124 valence electrons. The summed E-state index contributed by atoms with van der Waals surface area (Å²) in [6.45, 7) is 9.53. The van der Waals surface area contributed by atoms with Crippen LogP contribution in [-0.2, 0) is 0 Å². The maximum atomic E-state index is 12.5. The van der Waals surface area contributed by atoms with Crippen LogP contribution >= 0.6 is 0 Å². The summed E-state index contributed by atoms with van der Waals surface area (Å²) in [7, 11) is 0. The fraction of sp³-hybridized carbons (Fsp3) is 0.556. The van der Waals surface area contributed by atoms with Gasteiger partial charge in [-0.25, -0.2) is 0 Å². The number of benzene rings is 1. The molecule has 5 heteroatoms. The molecule has 1 saturated heterocycles. The van der Waals surface area contributed by atoms with Crippen molar-refractivity contribution >= 4 is 5.91 Å². The van der Waals surface area contributed by atoms with Crippen LogP contribution < -0.4 is 0 Å². The van der Waals surface area contributed by atoms with E-state index < -0.39 is 0 Å². The number of carbonyl (C=O) groups excluding carboxylic acids is 1. The topological polar surface area (TPSA) is 67.6 Å². The Hall–Kier alpha value is -1.90. The van der Waals surface area contributed by atoms with Crippen LogP contribution in [-0.4, -0.2) is 59.6 Å². The van der Waals surface area contributed by atoms with Gasteiger partial charge in [0.1, 0.15) is 0 Å². The normalized spacial score (nSPS) is 17.6. The van der Waals surface area contributed by atoms with Crippen LogP contribution in [0.4, 0.5) is 0 Å². The minimum Gasteiger partial charge on any atom is -0.391 e. The van der Waals surface area contributed by atoms with Crippen LogP contribution in [0.5, 0.6) is 0 Å². The van der Waals surface area contributed by atoms with Crippen LogP contribution in [0.15, 0.2) is 24.3 Å². The summed E-state index contributed by atoms with van der Waals surface area (Å²) < 4.78 is 0. The Balaban J connectivity index is 1.91. The van der Waals surface area contributed by atoms with Crippen LogP contribution in [0.1, 0.15) is 36.7 Å². The highest BCUT2D eigenvalue weighted by molar-refractivity contribution is 5.94. The largest absolute Gasteiger partial charge is 0.391 e. The first kappa shape index (κ1) is 17.5. The molecule has 1 aliphatic heterocycles. The van der Waals surface area contributed by atoms with Gasteiger partial charge in [0.2, 0.25) is 0 Å². The lowest BCUT2D eigenvalue weighted by atomic mass is 9.89. The number of β-amino-alcohol motifs (C(OH)–C–C–N with tert-alkyl or cyclic N) is 1. The summed E-state index contributed by atoms with van der Waals surface area (Å²) >= 11 is 0. The van der Waals surface area contributed by atoms with Crippen molar-refractivity contribution in [2.75, 3.05) is 32.7 Å². The van der Waals surface area contributed by atoms with Gasteiger partial charge in [0, 0.05) is 38.3 Å². The highest BCUT2D eigenvalue weighted by Gasteiger charge is 2.27. The Morgan fingerprint density at radius 3 is 2.52 bits per heavy atom. The summed E-state index contributed by atoms with van der Waals surface area (Å²) in [5.41, 5.74) is 0.931. The molecule has 23 heavy (non-hydrogen) atoms. The fourth-order valence-electron chi connectivity index (χ4n) is 2.56. The van der Waals surface area contributed by atoms with Gasteiger partial charge in [-0.2, -0.15) is 5.26 Å². The first-order chi connectivity index (χ1) is 10.8. The second-order valence-corrected chi connectivity index (χ2v) is 7.17. The van der Waals surface area contributed by atoms with Crippen LogP contribution in [0.2, 0.25) is 0 Å². The van der Waals surface area contributed by atoms with Gasteiger partial charge < -0.3 is 10.0 Å². The molecular formula is C18H25N3O2. The van der Waals surface area contributed by atoms with Crippen molar-refractivity contribution in [1.29, 1.82) is 5.26 Å². The molecule has 0 spiro atoms. The maximum absolute atomic E-state index is 12.5. The highest BCUT2D eigenvalue weighted by atomic mass is 16.3. The summed E-state index contributed by atoms with van der Waals surface area (Å²) in [4.78, 5) is 16.5. The molecule has 0 aliphatic carbocycles. The number of amides is 1. The summed E-state index contributed by atoms with van der Waals surface area (Å²) in [6.07, 6.45) is -0.378. The number of rotatable bonds is 3. The molecule has 0 unspecified atom stereocenters. The molecule has 1 amide bonds. The monoisotopic (exact) mass is 315 g/mol. The highest BCUT2D eigenvalue weighted by Crippen LogP contribution is 2.20. The Labute approximate surface area is 138 Å². The van der Waals surface area contributed by atoms with E-state index in [2.05, 4.69) is 11.0 Å². The zero-order valence-electron chi connectivity index (χ0n) is 14.1. The smallest absolute Gasteiger partial charge is 0.253 e. The lowest BCUT2D eigenvalue weighted by molar-refractivity contribution is 0.0137. The molecule has 2 rings (SSSR count). The molecule has 0 radical (unpaired) electrons. The van der Waals surface area contributed by atoms with Crippen molar-refractivity contribution in [1.82, 2.24) is 9.80 Å². The van der Waals surface area contributed by atoms with E-state index >= 15 is 0 Å². The van der Waals surface area contributed by atoms with Gasteiger partial charge in [0.25, 0.3) is 5.91 Å². The zero-order valence-corrected chi connectivity index (χ0v) is 14.1. The van der Waals surface area contributed by atoms with Gasteiger partial charge in [0.05, 0.1) is 17.7 Å². The van der Waals surface area contributed by atoms with Crippen molar-refractivity contribution in [2.45, 2.75) is 26.9 Å². The lowest BCUT2D eigenvalue weighted by Gasteiger charge is -2.38. The molecule has 1 heterocycles. The van der Waals surface area contributed by atoms with E-state index in [1.54, 1.807) is 24.3 Å². The molecule has 5 nitrogen and oxygen atoms in total. The van der Waals surface area contributed by atoms with Crippen LogP contribution in [0.3, 0.4) is 0 Å². The number of nitriles is 1. The Bertz CT molecular complexity index is 593. The number of carbonyl (C=O) groups is 1.